The number of carboxylic acid groups (broad SMARTS) is 1. The van der Waals surface area contributed by atoms with E-state index in [9.17, 15) is 29.4 Å². The highest BCUT2D eigenvalue weighted by Gasteiger charge is 2.31. The second-order valence-corrected chi connectivity index (χ2v) is 9.92. The lowest BCUT2D eigenvalue weighted by Gasteiger charge is -2.25. The summed E-state index contributed by atoms with van der Waals surface area (Å²) < 4.78 is 0. The number of amides is 3. The van der Waals surface area contributed by atoms with E-state index in [0.717, 1.165) is 16.5 Å². The summed E-state index contributed by atoms with van der Waals surface area (Å²) in [7, 11) is 0. The van der Waals surface area contributed by atoms with E-state index in [-0.39, 0.29) is 19.3 Å². The number of imidazole rings is 1. The predicted molar refractivity (Wildman–Crippen MR) is 146 cm³/mol. The lowest BCUT2D eigenvalue weighted by Crippen LogP contribution is -2.58. The first kappa shape index (κ1) is 29.7. The Kier molecular flexibility index (Phi) is 10.9. The number of benzene rings is 1. The molecule has 14 heteroatoms. The third-order valence-electron chi connectivity index (χ3n) is 6.10. The maximum absolute atomic E-state index is 13.5. The normalized spacial score (nSPS) is 14.2. The number of nitrogens with two attached hydrogens (primary N) is 1. The van der Waals surface area contributed by atoms with E-state index in [0.29, 0.717) is 11.4 Å². The van der Waals surface area contributed by atoms with Crippen molar-refractivity contribution in [2.45, 2.75) is 43.4 Å². The zero-order valence-electron chi connectivity index (χ0n) is 21.3. The summed E-state index contributed by atoms with van der Waals surface area (Å²) in [6, 6.07) is 2.71. The molecule has 0 saturated carbocycles. The van der Waals surface area contributed by atoms with E-state index in [2.05, 4.69) is 30.9 Å². The molecule has 3 rings (SSSR count). The molecule has 3 amide bonds. The summed E-state index contributed by atoms with van der Waals surface area (Å²) in [5, 5.41) is 27.4. The number of hydrogen-bond donors (Lipinski definition) is 8. The number of carboxylic acids is 1. The number of para-hydroxylation sites is 1. The monoisotopic (exact) mass is 559 g/mol. The molecule has 3 aromatic rings. The van der Waals surface area contributed by atoms with Crippen LogP contribution in [-0.2, 0) is 32.0 Å². The first-order valence-corrected chi connectivity index (χ1v) is 13.6. The van der Waals surface area contributed by atoms with Crippen molar-refractivity contribution < 1.29 is 29.4 Å². The van der Waals surface area contributed by atoms with Crippen molar-refractivity contribution in [2.24, 2.45) is 5.73 Å². The van der Waals surface area contributed by atoms with Gasteiger partial charge in [0.2, 0.25) is 17.7 Å². The molecule has 13 nitrogen and oxygen atoms in total. The van der Waals surface area contributed by atoms with E-state index in [1.54, 1.807) is 6.20 Å². The quantitative estimate of drug-likeness (QED) is 0.118. The van der Waals surface area contributed by atoms with Gasteiger partial charge in [-0.1, -0.05) is 18.2 Å². The number of aliphatic carboxylic acids is 1. The number of aromatic amines is 2. The summed E-state index contributed by atoms with van der Waals surface area (Å²) in [4.78, 5) is 60.9. The number of carbonyl (C=O) groups excluding carboxylic acids is 3. The number of nitrogens with zero attached hydrogens (tertiary/aromatic N) is 1. The molecule has 0 aliphatic carbocycles. The highest BCUT2D eigenvalue weighted by molar-refractivity contribution is 7.98. The van der Waals surface area contributed by atoms with Gasteiger partial charge in [-0.15, -0.1) is 0 Å². The fraction of sp³-hybridized carbons (Fsp3) is 0.400. The minimum Gasteiger partial charge on any atom is -0.480 e. The molecule has 0 saturated heterocycles. The zero-order valence-corrected chi connectivity index (χ0v) is 22.2. The number of aliphatic hydroxyl groups is 1. The standard InChI is InChI=1S/C25H33N7O6S/c1-39-7-6-19(25(37)38)30-24(36)21(9-15-11-27-13-29-15)32-23(35)20(31-22(34)17(26)12-33)8-14-10-28-18-5-3-2-4-16(14)18/h2-5,10-11,13,17,19-21,28,33H,6-9,12,26H2,1H3,(H,27,29)(H,30,36)(H,31,34)(H,32,35)(H,37,38). The molecule has 0 fully saturated rings. The predicted octanol–water partition coefficient (Wildman–Crippen LogP) is -0.712. The summed E-state index contributed by atoms with van der Waals surface area (Å²) >= 11 is 1.44. The van der Waals surface area contributed by atoms with E-state index < -0.39 is 54.5 Å². The van der Waals surface area contributed by atoms with Crippen LogP contribution in [0.1, 0.15) is 17.7 Å². The molecule has 4 atom stereocenters. The van der Waals surface area contributed by atoms with E-state index in [4.69, 9.17) is 5.73 Å². The summed E-state index contributed by atoms with van der Waals surface area (Å²) in [6.45, 7) is -0.620. The van der Waals surface area contributed by atoms with Gasteiger partial charge >= 0.3 is 5.97 Å². The number of H-pyrrole nitrogens is 2. The van der Waals surface area contributed by atoms with Crippen LogP contribution in [0.4, 0.5) is 0 Å². The van der Waals surface area contributed by atoms with Crippen LogP contribution in [0.25, 0.3) is 10.9 Å². The lowest BCUT2D eigenvalue weighted by atomic mass is 10.0. The molecule has 1 aromatic carbocycles. The van der Waals surface area contributed by atoms with Crippen molar-refractivity contribution in [3.63, 3.8) is 0 Å². The Morgan fingerprint density at radius 3 is 2.31 bits per heavy atom. The maximum Gasteiger partial charge on any atom is 0.326 e. The number of hydrogen-bond acceptors (Lipinski definition) is 8. The van der Waals surface area contributed by atoms with Crippen LogP contribution in [0, 0.1) is 0 Å². The number of fused-ring (bicyclic) bond motifs is 1. The Morgan fingerprint density at radius 2 is 1.67 bits per heavy atom. The minimum absolute atomic E-state index is 0.00363. The Balaban J connectivity index is 1.85. The van der Waals surface area contributed by atoms with Gasteiger partial charge in [0, 0.05) is 41.8 Å². The van der Waals surface area contributed by atoms with Crippen molar-refractivity contribution in [1.29, 1.82) is 0 Å². The number of aromatic nitrogens is 3. The lowest BCUT2D eigenvalue weighted by molar-refractivity contribution is -0.142. The number of aliphatic hydroxyl groups excluding tert-OH is 1. The summed E-state index contributed by atoms with van der Waals surface area (Å²) in [5.41, 5.74) is 7.77. The third-order valence-corrected chi connectivity index (χ3v) is 6.75. The van der Waals surface area contributed by atoms with Gasteiger partial charge in [-0.05, 0) is 30.1 Å². The van der Waals surface area contributed by atoms with Gasteiger partial charge in [0.1, 0.15) is 24.2 Å². The van der Waals surface area contributed by atoms with E-state index >= 15 is 0 Å². The fourth-order valence-corrected chi connectivity index (χ4v) is 4.43. The maximum atomic E-state index is 13.5. The SMILES string of the molecule is CSCCC(NC(=O)C(Cc1cnc[nH]1)NC(=O)C(Cc1c[nH]c2ccccc12)NC(=O)C(N)CO)C(=O)O. The first-order valence-electron chi connectivity index (χ1n) is 12.2. The van der Waals surface area contributed by atoms with Gasteiger partial charge in [-0.3, -0.25) is 14.4 Å². The molecule has 9 N–H and O–H groups in total. The molecule has 39 heavy (non-hydrogen) atoms. The van der Waals surface area contributed by atoms with Crippen LogP contribution < -0.4 is 21.7 Å². The molecule has 0 aliphatic rings. The molecule has 2 aromatic heterocycles. The molecular formula is C25H33N7O6S. The average Bonchev–Trinajstić information content (AvgIpc) is 3.59. The van der Waals surface area contributed by atoms with Crippen LogP contribution >= 0.6 is 11.8 Å². The Morgan fingerprint density at radius 1 is 1.00 bits per heavy atom. The number of thioether (sulfide) groups is 1. The zero-order chi connectivity index (χ0) is 28.4. The van der Waals surface area contributed by atoms with Gasteiger partial charge in [-0.25, -0.2) is 9.78 Å². The molecular weight excluding hydrogens is 526 g/mol. The number of rotatable bonds is 15. The Bertz CT molecular complexity index is 1260. The molecule has 0 bridgehead atoms. The number of carbonyl (C=O) groups is 4. The highest BCUT2D eigenvalue weighted by atomic mass is 32.2. The summed E-state index contributed by atoms with van der Waals surface area (Å²) in [6.07, 6.45) is 6.71. The van der Waals surface area contributed by atoms with Gasteiger partial charge in [-0.2, -0.15) is 11.8 Å². The second kappa shape index (κ2) is 14.3. The van der Waals surface area contributed by atoms with Crippen LogP contribution in [0.3, 0.4) is 0 Å². The van der Waals surface area contributed by atoms with Crippen LogP contribution in [0.15, 0.2) is 43.0 Å². The highest BCUT2D eigenvalue weighted by Crippen LogP contribution is 2.19. The van der Waals surface area contributed by atoms with Crippen LogP contribution in [-0.4, -0.2) is 91.6 Å². The topological polar surface area (TPSA) is 215 Å². The molecule has 0 radical (unpaired) electrons. The first-order chi connectivity index (χ1) is 18.7. The van der Waals surface area contributed by atoms with Crippen molar-refractivity contribution in [3.05, 3.63) is 54.2 Å². The smallest absolute Gasteiger partial charge is 0.326 e. The third kappa shape index (κ3) is 8.30. The van der Waals surface area contributed by atoms with Gasteiger partial charge < -0.3 is 41.9 Å². The largest absolute Gasteiger partial charge is 0.480 e. The summed E-state index contributed by atoms with van der Waals surface area (Å²) in [5.74, 6) is -2.80. The van der Waals surface area contributed by atoms with Gasteiger partial charge in [0.15, 0.2) is 0 Å². The molecule has 2 heterocycles. The molecule has 0 aliphatic heterocycles. The average molecular weight is 560 g/mol. The number of nitrogens with one attached hydrogen (secondary N) is 5. The van der Waals surface area contributed by atoms with E-state index in [1.165, 1.54) is 24.3 Å². The molecule has 4 unspecified atom stereocenters. The van der Waals surface area contributed by atoms with Crippen molar-refractivity contribution in [2.75, 3.05) is 18.6 Å². The van der Waals surface area contributed by atoms with Gasteiger partial charge in [0.25, 0.3) is 0 Å². The van der Waals surface area contributed by atoms with Gasteiger partial charge in [0.05, 0.1) is 12.9 Å². The Hall–Kier alpha value is -3.88. The second-order valence-electron chi connectivity index (χ2n) is 8.94. The van der Waals surface area contributed by atoms with Crippen molar-refractivity contribution in [1.82, 2.24) is 30.9 Å². The Labute approximate surface area is 228 Å². The molecule has 210 valence electrons. The van der Waals surface area contributed by atoms with E-state index in [1.807, 2.05) is 30.5 Å². The fourth-order valence-electron chi connectivity index (χ4n) is 3.95. The minimum atomic E-state index is -1.25. The van der Waals surface area contributed by atoms with Crippen LogP contribution in [0.2, 0.25) is 0 Å². The van der Waals surface area contributed by atoms with Crippen LogP contribution in [0.5, 0.6) is 0 Å². The van der Waals surface area contributed by atoms with Crippen molar-refractivity contribution >= 4 is 46.4 Å². The van der Waals surface area contributed by atoms with Crippen molar-refractivity contribution in [3.8, 4) is 0 Å². The molecule has 0 spiro atoms.